The average molecular weight is 186 g/mol. The third kappa shape index (κ3) is 4.62. The molecule has 0 aliphatic heterocycles. The summed E-state index contributed by atoms with van der Waals surface area (Å²) >= 11 is 0. The Morgan fingerprint density at radius 2 is 2.00 bits per heavy atom. The van der Waals surface area contributed by atoms with E-state index in [1.165, 1.54) is 0 Å². The van der Waals surface area contributed by atoms with Crippen molar-refractivity contribution in [2.75, 3.05) is 7.05 Å². The van der Waals surface area contributed by atoms with Crippen LogP contribution in [0.1, 0.15) is 26.7 Å². The van der Waals surface area contributed by atoms with E-state index < -0.39 is 5.97 Å². The standard InChI is InChI=1S/C9H18N2O2/c1-6(7(2)11-3)8(10)4-5-9(12)13/h6-7,10-11H,4-5H2,1-3H3,(H,12,13). The lowest BCUT2D eigenvalue weighted by atomic mass is 9.95. The Morgan fingerprint density at radius 3 is 2.38 bits per heavy atom. The number of carboxylic acids is 1. The molecule has 3 N–H and O–H groups in total. The van der Waals surface area contributed by atoms with Crippen LogP contribution in [0.2, 0.25) is 0 Å². The van der Waals surface area contributed by atoms with E-state index in [4.69, 9.17) is 10.5 Å². The van der Waals surface area contributed by atoms with Crippen LogP contribution >= 0.6 is 0 Å². The molecule has 0 aromatic carbocycles. The first-order chi connectivity index (χ1) is 5.99. The van der Waals surface area contributed by atoms with Crippen LogP contribution in [-0.2, 0) is 4.79 Å². The molecular formula is C9H18N2O2. The second-order valence-corrected chi connectivity index (χ2v) is 3.29. The van der Waals surface area contributed by atoms with Gasteiger partial charge >= 0.3 is 5.97 Å². The smallest absolute Gasteiger partial charge is 0.303 e. The van der Waals surface area contributed by atoms with Crippen LogP contribution in [0.3, 0.4) is 0 Å². The summed E-state index contributed by atoms with van der Waals surface area (Å²) in [5.41, 5.74) is 0.504. The largest absolute Gasteiger partial charge is 0.481 e. The van der Waals surface area contributed by atoms with E-state index in [2.05, 4.69) is 5.32 Å². The van der Waals surface area contributed by atoms with Gasteiger partial charge in [-0.1, -0.05) is 6.92 Å². The van der Waals surface area contributed by atoms with Crippen molar-refractivity contribution >= 4 is 11.7 Å². The van der Waals surface area contributed by atoms with Gasteiger partial charge < -0.3 is 15.8 Å². The minimum atomic E-state index is -0.839. The van der Waals surface area contributed by atoms with Crippen LogP contribution in [0.4, 0.5) is 0 Å². The fourth-order valence-corrected chi connectivity index (χ4v) is 1.02. The van der Waals surface area contributed by atoms with Crippen LogP contribution in [0.25, 0.3) is 0 Å². The van der Waals surface area contributed by atoms with Gasteiger partial charge in [0.05, 0.1) is 6.42 Å². The molecule has 0 bridgehead atoms. The predicted molar refractivity (Wildman–Crippen MR) is 52.3 cm³/mol. The molecule has 13 heavy (non-hydrogen) atoms. The fourth-order valence-electron chi connectivity index (χ4n) is 1.02. The number of nitrogens with one attached hydrogen (secondary N) is 2. The van der Waals surface area contributed by atoms with Crippen molar-refractivity contribution < 1.29 is 9.90 Å². The van der Waals surface area contributed by atoms with E-state index in [0.717, 1.165) is 0 Å². The monoisotopic (exact) mass is 186 g/mol. The Balaban J connectivity index is 3.89. The van der Waals surface area contributed by atoms with Crippen LogP contribution in [0.5, 0.6) is 0 Å². The third-order valence-electron chi connectivity index (χ3n) is 2.36. The van der Waals surface area contributed by atoms with Gasteiger partial charge in [-0.05, 0) is 20.4 Å². The van der Waals surface area contributed by atoms with E-state index in [9.17, 15) is 4.79 Å². The zero-order valence-electron chi connectivity index (χ0n) is 8.42. The third-order valence-corrected chi connectivity index (χ3v) is 2.36. The zero-order chi connectivity index (χ0) is 10.4. The Bertz CT molecular complexity index is 192. The molecule has 2 atom stereocenters. The van der Waals surface area contributed by atoms with Gasteiger partial charge in [0.1, 0.15) is 0 Å². The topological polar surface area (TPSA) is 73.2 Å². The quantitative estimate of drug-likeness (QED) is 0.544. The molecule has 0 saturated carbocycles. The Labute approximate surface area is 78.8 Å². The van der Waals surface area contributed by atoms with Gasteiger partial charge in [-0.15, -0.1) is 0 Å². The van der Waals surface area contributed by atoms with Crippen molar-refractivity contribution in [2.45, 2.75) is 32.7 Å². The first-order valence-electron chi connectivity index (χ1n) is 4.45. The molecule has 76 valence electrons. The second kappa shape index (κ2) is 5.70. The van der Waals surface area contributed by atoms with E-state index in [1.54, 1.807) is 0 Å². The first-order valence-corrected chi connectivity index (χ1v) is 4.45. The molecule has 0 radical (unpaired) electrons. The number of aliphatic carboxylic acids is 1. The summed E-state index contributed by atoms with van der Waals surface area (Å²) in [4.78, 5) is 10.3. The summed E-state index contributed by atoms with van der Waals surface area (Å²) in [6.45, 7) is 3.92. The second-order valence-electron chi connectivity index (χ2n) is 3.29. The van der Waals surface area contributed by atoms with E-state index in [-0.39, 0.29) is 18.4 Å². The van der Waals surface area contributed by atoms with Gasteiger partial charge in [-0.3, -0.25) is 4.79 Å². The lowest BCUT2D eigenvalue weighted by Crippen LogP contribution is -2.33. The molecular weight excluding hydrogens is 168 g/mol. The Kier molecular flexibility index (Phi) is 5.30. The van der Waals surface area contributed by atoms with Crippen LogP contribution in [-0.4, -0.2) is 29.9 Å². The number of carboxylic acid groups (broad SMARTS) is 1. The normalized spacial score (nSPS) is 15.0. The fraction of sp³-hybridized carbons (Fsp3) is 0.778. The van der Waals surface area contributed by atoms with E-state index in [0.29, 0.717) is 12.1 Å². The van der Waals surface area contributed by atoms with Crippen LogP contribution < -0.4 is 5.32 Å². The maximum Gasteiger partial charge on any atom is 0.303 e. The van der Waals surface area contributed by atoms with Gasteiger partial charge in [-0.2, -0.15) is 0 Å². The predicted octanol–water partition coefficient (Wildman–Crippen LogP) is 1.11. The maximum atomic E-state index is 10.3. The van der Waals surface area contributed by atoms with Gasteiger partial charge in [0, 0.05) is 17.7 Å². The molecule has 4 nitrogen and oxygen atoms in total. The van der Waals surface area contributed by atoms with Crippen LogP contribution in [0, 0.1) is 11.3 Å². The highest BCUT2D eigenvalue weighted by Crippen LogP contribution is 2.08. The number of hydrogen-bond acceptors (Lipinski definition) is 3. The molecule has 0 aliphatic rings. The average Bonchev–Trinajstić information content (AvgIpc) is 2.11. The molecule has 0 rings (SSSR count). The molecule has 0 amide bonds. The van der Waals surface area contributed by atoms with Crippen molar-refractivity contribution in [3.05, 3.63) is 0 Å². The molecule has 2 unspecified atom stereocenters. The van der Waals surface area contributed by atoms with Gasteiger partial charge in [0.15, 0.2) is 0 Å². The maximum absolute atomic E-state index is 10.3. The van der Waals surface area contributed by atoms with Gasteiger partial charge in [-0.25, -0.2) is 0 Å². The highest BCUT2D eigenvalue weighted by Gasteiger charge is 2.15. The summed E-state index contributed by atoms with van der Waals surface area (Å²) in [6.07, 6.45) is 0.405. The summed E-state index contributed by atoms with van der Waals surface area (Å²) in [5, 5.41) is 19.1. The number of carbonyl (C=O) groups is 1. The highest BCUT2D eigenvalue weighted by atomic mass is 16.4. The zero-order valence-corrected chi connectivity index (χ0v) is 8.42. The Morgan fingerprint density at radius 1 is 1.46 bits per heavy atom. The molecule has 0 aromatic heterocycles. The SMILES string of the molecule is CNC(C)C(C)C(=N)CCC(=O)O. The van der Waals surface area contributed by atoms with E-state index in [1.807, 2.05) is 20.9 Å². The Hall–Kier alpha value is -0.900. The van der Waals surface area contributed by atoms with Crippen molar-refractivity contribution in [2.24, 2.45) is 5.92 Å². The summed E-state index contributed by atoms with van der Waals surface area (Å²) in [6, 6.07) is 0.223. The number of hydrogen-bond donors (Lipinski definition) is 3. The molecule has 4 heteroatoms. The molecule has 0 saturated heterocycles. The van der Waals surface area contributed by atoms with Crippen molar-refractivity contribution in [1.82, 2.24) is 5.32 Å². The van der Waals surface area contributed by atoms with Crippen molar-refractivity contribution in [3.63, 3.8) is 0 Å². The molecule has 0 fully saturated rings. The molecule has 0 aromatic rings. The van der Waals surface area contributed by atoms with E-state index >= 15 is 0 Å². The summed E-state index contributed by atoms with van der Waals surface area (Å²) in [7, 11) is 1.84. The molecule has 0 spiro atoms. The van der Waals surface area contributed by atoms with Crippen LogP contribution in [0.15, 0.2) is 0 Å². The molecule has 0 aliphatic carbocycles. The van der Waals surface area contributed by atoms with Crippen molar-refractivity contribution in [3.8, 4) is 0 Å². The van der Waals surface area contributed by atoms with Crippen molar-refractivity contribution in [1.29, 1.82) is 5.41 Å². The number of rotatable bonds is 6. The van der Waals surface area contributed by atoms with Gasteiger partial charge in [0.2, 0.25) is 0 Å². The lowest BCUT2D eigenvalue weighted by molar-refractivity contribution is -0.136. The first kappa shape index (κ1) is 12.1. The molecule has 0 heterocycles. The lowest BCUT2D eigenvalue weighted by Gasteiger charge is -2.19. The minimum absolute atomic E-state index is 0.0552. The minimum Gasteiger partial charge on any atom is -0.481 e. The summed E-state index contributed by atoms with van der Waals surface area (Å²) in [5.74, 6) is -0.738. The van der Waals surface area contributed by atoms with Gasteiger partial charge in [0.25, 0.3) is 0 Å². The summed E-state index contributed by atoms with van der Waals surface area (Å²) < 4.78 is 0. The highest BCUT2D eigenvalue weighted by molar-refractivity contribution is 5.86.